The van der Waals surface area contributed by atoms with Gasteiger partial charge in [-0.15, -0.1) is 5.10 Å². The zero-order valence-corrected chi connectivity index (χ0v) is 14.2. The van der Waals surface area contributed by atoms with Gasteiger partial charge in [0.15, 0.2) is 11.6 Å². The molecule has 14 heteroatoms. The van der Waals surface area contributed by atoms with Gasteiger partial charge in [-0.1, -0.05) is 11.6 Å². The Hall–Kier alpha value is -1.60. The summed E-state index contributed by atoms with van der Waals surface area (Å²) in [5, 5.41) is -2.98. The van der Waals surface area contributed by atoms with E-state index in [1.54, 1.807) is 0 Å². The van der Waals surface area contributed by atoms with Crippen LogP contribution >= 0.6 is 23.4 Å². The molecule has 26 heavy (non-hydrogen) atoms. The number of rotatable bonds is 4. The zero-order chi connectivity index (χ0) is 19.9. The minimum atomic E-state index is -6.24. The molecule has 2 heterocycles. The molecular formula is C12H9ClF7N5S. The fraction of sp³-hybridized carbons (Fsp3) is 0.417. The lowest BCUT2D eigenvalue weighted by Gasteiger charge is -2.27. The van der Waals surface area contributed by atoms with E-state index in [1.807, 2.05) is 0 Å². The van der Waals surface area contributed by atoms with Crippen LogP contribution in [0.3, 0.4) is 0 Å². The average molecular weight is 424 g/mol. The molecule has 2 rings (SSSR count). The predicted molar refractivity (Wildman–Crippen MR) is 78.6 cm³/mol. The zero-order valence-electron chi connectivity index (χ0n) is 12.6. The van der Waals surface area contributed by atoms with Gasteiger partial charge in [-0.05, 0) is 30.8 Å². The molecule has 2 aromatic rings. The highest BCUT2D eigenvalue weighted by Crippen LogP contribution is 2.55. The Morgan fingerprint density at radius 2 is 1.69 bits per heavy atom. The first kappa shape index (κ1) is 20.7. The van der Waals surface area contributed by atoms with Gasteiger partial charge in [0.25, 0.3) is 0 Å². The SMILES string of the molecule is CC(N)c1nc(SC(F)(C(F)(F)F)C(F)(F)F)nn1-c1ccc(Cl)cn1. The number of thioether (sulfide) groups is 1. The summed E-state index contributed by atoms with van der Waals surface area (Å²) in [6.07, 6.45) is -11.3. The number of hydrogen-bond donors (Lipinski definition) is 1. The molecule has 0 amide bonds. The van der Waals surface area contributed by atoms with E-state index in [2.05, 4.69) is 15.1 Å². The molecule has 144 valence electrons. The van der Waals surface area contributed by atoms with Crippen LogP contribution in [0.15, 0.2) is 23.5 Å². The molecule has 0 aromatic carbocycles. The first-order chi connectivity index (χ1) is 11.8. The van der Waals surface area contributed by atoms with E-state index in [4.69, 9.17) is 17.3 Å². The average Bonchev–Trinajstić information content (AvgIpc) is 2.89. The highest BCUT2D eigenvalue weighted by Gasteiger charge is 2.74. The number of pyridine rings is 1. The molecule has 0 spiro atoms. The van der Waals surface area contributed by atoms with Gasteiger partial charge >= 0.3 is 17.4 Å². The van der Waals surface area contributed by atoms with Crippen LogP contribution in [0.4, 0.5) is 30.7 Å². The number of halogens is 8. The third-order valence-corrected chi connectivity index (χ3v) is 4.23. The summed E-state index contributed by atoms with van der Waals surface area (Å²) >= 11 is 4.44. The first-order valence-electron chi connectivity index (χ1n) is 6.62. The molecule has 5 nitrogen and oxygen atoms in total. The summed E-state index contributed by atoms with van der Waals surface area (Å²) in [6, 6.07) is 1.70. The van der Waals surface area contributed by atoms with Gasteiger partial charge in [0.05, 0.1) is 11.1 Å². The van der Waals surface area contributed by atoms with Gasteiger partial charge in [-0.25, -0.2) is 14.4 Å². The van der Waals surface area contributed by atoms with Gasteiger partial charge in [-0.2, -0.15) is 31.0 Å². The number of nitrogens with two attached hydrogens (primary N) is 1. The molecule has 0 saturated carbocycles. The molecule has 0 saturated heterocycles. The second kappa shape index (κ2) is 6.85. The fourth-order valence-electron chi connectivity index (χ4n) is 1.71. The monoisotopic (exact) mass is 423 g/mol. The quantitative estimate of drug-likeness (QED) is 0.589. The lowest BCUT2D eigenvalue weighted by Crippen LogP contribution is -2.50. The van der Waals surface area contributed by atoms with Crippen molar-refractivity contribution in [1.82, 2.24) is 19.7 Å². The predicted octanol–water partition coefficient (Wildman–Crippen LogP) is 4.22. The van der Waals surface area contributed by atoms with E-state index in [0.29, 0.717) is 0 Å². The molecule has 0 radical (unpaired) electrons. The van der Waals surface area contributed by atoms with E-state index in [0.717, 1.165) is 4.68 Å². The molecule has 1 atom stereocenters. The number of alkyl halides is 7. The van der Waals surface area contributed by atoms with Crippen molar-refractivity contribution in [2.45, 2.75) is 35.5 Å². The van der Waals surface area contributed by atoms with Crippen molar-refractivity contribution in [3.8, 4) is 5.82 Å². The van der Waals surface area contributed by atoms with E-state index < -0.39 is 40.3 Å². The highest BCUT2D eigenvalue weighted by molar-refractivity contribution is 8.00. The van der Waals surface area contributed by atoms with Gasteiger partial charge in [0.2, 0.25) is 5.16 Å². The summed E-state index contributed by atoms with van der Waals surface area (Å²) in [7, 11) is 0. The molecule has 0 fully saturated rings. The maximum absolute atomic E-state index is 13.8. The van der Waals surface area contributed by atoms with E-state index in [9.17, 15) is 30.7 Å². The van der Waals surface area contributed by atoms with Gasteiger partial charge in [0, 0.05) is 6.20 Å². The molecule has 0 aliphatic carbocycles. The van der Waals surface area contributed by atoms with Crippen LogP contribution in [0, 0.1) is 0 Å². The van der Waals surface area contributed by atoms with Crippen LogP contribution in [0.25, 0.3) is 5.82 Å². The summed E-state index contributed by atoms with van der Waals surface area (Å²) in [5.41, 5.74) is 5.61. The first-order valence-corrected chi connectivity index (χ1v) is 7.81. The molecule has 0 bridgehead atoms. The topological polar surface area (TPSA) is 69.6 Å². The minimum absolute atomic E-state index is 0.0236. The van der Waals surface area contributed by atoms with Crippen LogP contribution in [0.5, 0.6) is 0 Å². The van der Waals surface area contributed by atoms with Crippen molar-refractivity contribution < 1.29 is 30.7 Å². The van der Waals surface area contributed by atoms with Crippen molar-refractivity contribution >= 4 is 23.4 Å². The van der Waals surface area contributed by atoms with Crippen LogP contribution in [-0.2, 0) is 0 Å². The standard InChI is InChI=1S/C12H9ClF7N5S/c1-5(21)8-23-9(24-25(8)7-3-2-6(13)4-22-7)26-10(14,11(15,16)17)12(18,19)20/h2-5H,21H2,1H3. The van der Waals surface area contributed by atoms with Crippen molar-refractivity contribution in [3.63, 3.8) is 0 Å². The van der Waals surface area contributed by atoms with Crippen LogP contribution in [0.2, 0.25) is 5.02 Å². The normalized spacial score (nSPS) is 14.5. The smallest absolute Gasteiger partial charge is 0.322 e. The molecule has 2 aromatic heterocycles. The molecule has 0 aliphatic heterocycles. The number of aromatic nitrogens is 4. The van der Waals surface area contributed by atoms with Crippen LogP contribution in [0.1, 0.15) is 18.8 Å². The summed E-state index contributed by atoms with van der Waals surface area (Å²) in [6.45, 7) is 1.36. The Labute approximate surface area is 150 Å². The molecule has 2 N–H and O–H groups in total. The lowest BCUT2D eigenvalue weighted by molar-refractivity contribution is -0.302. The van der Waals surface area contributed by atoms with Crippen molar-refractivity contribution in [2.24, 2.45) is 5.73 Å². The summed E-state index contributed by atoms with van der Waals surface area (Å²) in [4.78, 5) is 7.32. The minimum Gasteiger partial charge on any atom is -0.322 e. The van der Waals surface area contributed by atoms with Crippen molar-refractivity contribution in [2.75, 3.05) is 0 Å². The van der Waals surface area contributed by atoms with Crippen molar-refractivity contribution in [3.05, 3.63) is 29.2 Å². The largest absolute Gasteiger partial charge is 0.442 e. The second-order valence-corrected chi connectivity index (χ2v) is 6.55. The van der Waals surface area contributed by atoms with Gasteiger partial charge in [0.1, 0.15) is 0 Å². The van der Waals surface area contributed by atoms with E-state index in [-0.39, 0.29) is 16.7 Å². The second-order valence-electron chi connectivity index (χ2n) is 4.98. The van der Waals surface area contributed by atoms with E-state index >= 15 is 0 Å². The molecular weight excluding hydrogens is 415 g/mol. The highest BCUT2D eigenvalue weighted by atomic mass is 35.5. The van der Waals surface area contributed by atoms with Gasteiger partial charge in [-0.3, -0.25) is 0 Å². The Morgan fingerprint density at radius 1 is 1.12 bits per heavy atom. The third-order valence-electron chi connectivity index (χ3n) is 2.91. The van der Waals surface area contributed by atoms with Gasteiger partial charge < -0.3 is 5.73 Å². The molecule has 0 aliphatic rings. The lowest BCUT2D eigenvalue weighted by atomic mass is 10.3. The van der Waals surface area contributed by atoms with Crippen LogP contribution in [-0.4, -0.2) is 37.1 Å². The Kier molecular flexibility index (Phi) is 5.46. The summed E-state index contributed by atoms with van der Waals surface area (Å²) < 4.78 is 90.8. The maximum Gasteiger partial charge on any atom is 0.442 e. The Balaban J connectivity index is 2.51. The third kappa shape index (κ3) is 3.88. The van der Waals surface area contributed by atoms with Crippen molar-refractivity contribution in [1.29, 1.82) is 0 Å². The molecule has 1 unspecified atom stereocenters. The maximum atomic E-state index is 13.8. The number of nitrogens with zero attached hydrogens (tertiary/aromatic N) is 4. The number of hydrogen-bond acceptors (Lipinski definition) is 5. The van der Waals surface area contributed by atoms with E-state index in [1.165, 1.54) is 25.3 Å². The fourth-order valence-corrected chi connectivity index (χ4v) is 2.56. The summed E-state index contributed by atoms with van der Waals surface area (Å²) in [5.74, 6) is -0.237. The van der Waals surface area contributed by atoms with Crippen LogP contribution < -0.4 is 5.73 Å². The Bertz CT molecular complexity index is 758. The Morgan fingerprint density at radius 3 is 2.12 bits per heavy atom.